The average molecular weight is 318 g/mol. The minimum atomic E-state index is -0.0909. The van der Waals surface area contributed by atoms with Crippen LogP contribution >= 0.6 is 15.9 Å². The van der Waals surface area contributed by atoms with E-state index in [-0.39, 0.29) is 6.61 Å². The molecular formula is C15H12BrNO2. The zero-order valence-electron chi connectivity index (χ0n) is 10.4. The number of aliphatic hydroxyl groups excluding tert-OH is 1. The summed E-state index contributed by atoms with van der Waals surface area (Å²) < 4.78 is 6.72. The van der Waals surface area contributed by atoms with Crippen LogP contribution in [0.4, 0.5) is 0 Å². The summed E-state index contributed by atoms with van der Waals surface area (Å²) in [6.07, 6.45) is 0. The number of hydrogen-bond donors (Lipinski definition) is 1. The van der Waals surface area contributed by atoms with Crippen LogP contribution in [-0.4, -0.2) is 5.11 Å². The molecule has 0 aromatic heterocycles. The Morgan fingerprint density at radius 2 is 2.05 bits per heavy atom. The first-order valence-corrected chi connectivity index (χ1v) is 6.51. The zero-order valence-corrected chi connectivity index (χ0v) is 11.9. The number of ether oxygens (including phenoxy) is 1. The quantitative estimate of drug-likeness (QED) is 0.933. The van der Waals surface area contributed by atoms with Gasteiger partial charge >= 0.3 is 0 Å². The molecule has 3 nitrogen and oxygen atoms in total. The van der Waals surface area contributed by atoms with Crippen LogP contribution in [0.3, 0.4) is 0 Å². The molecule has 96 valence electrons. The highest BCUT2D eigenvalue weighted by Crippen LogP contribution is 2.28. The van der Waals surface area contributed by atoms with Crippen LogP contribution in [0.1, 0.15) is 16.7 Å². The Morgan fingerprint density at radius 1 is 1.26 bits per heavy atom. The lowest BCUT2D eigenvalue weighted by atomic mass is 10.1. The van der Waals surface area contributed by atoms with Crippen LogP contribution in [0, 0.1) is 18.3 Å². The van der Waals surface area contributed by atoms with E-state index in [0.29, 0.717) is 22.6 Å². The van der Waals surface area contributed by atoms with Gasteiger partial charge in [-0.2, -0.15) is 5.26 Å². The maximum absolute atomic E-state index is 9.10. The Labute approximate surface area is 120 Å². The Hall–Kier alpha value is -1.83. The fourth-order valence-corrected chi connectivity index (χ4v) is 1.91. The largest absolute Gasteiger partial charge is 0.456 e. The summed E-state index contributed by atoms with van der Waals surface area (Å²) in [6, 6.07) is 12.8. The molecule has 0 heterocycles. The van der Waals surface area contributed by atoms with Crippen LogP contribution in [0.2, 0.25) is 0 Å². The molecule has 0 aliphatic heterocycles. The molecule has 0 bridgehead atoms. The van der Waals surface area contributed by atoms with Crippen LogP contribution < -0.4 is 4.74 Å². The first-order chi connectivity index (χ1) is 9.13. The van der Waals surface area contributed by atoms with Crippen molar-refractivity contribution in [2.45, 2.75) is 13.5 Å². The van der Waals surface area contributed by atoms with Crippen LogP contribution in [0.25, 0.3) is 0 Å². The lowest BCUT2D eigenvalue weighted by molar-refractivity contribution is 0.281. The van der Waals surface area contributed by atoms with E-state index < -0.39 is 0 Å². The summed E-state index contributed by atoms with van der Waals surface area (Å²) in [5.74, 6) is 1.16. The molecule has 2 aromatic carbocycles. The summed E-state index contributed by atoms with van der Waals surface area (Å²) >= 11 is 3.43. The number of aryl methyl sites for hydroxylation is 1. The number of benzene rings is 2. The molecule has 0 atom stereocenters. The molecule has 2 rings (SSSR count). The van der Waals surface area contributed by atoms with Gasteiger partial charge in [-0.3, -0.25) is 0 Å². The topological polar surface area (TPSA) is 53.2 Å². The van der Waals surface area contributed by atoms with E-state index in [1.54, 1.807) is 18.2 Å². The van der Waals surface area contributed by atoms with E-state index in [2.05, 4.69) is 22.0 Å². The van der Waals surface area contributed by atoms with Gasteiger partial charge < -0.3 is 9.84 Å². The van der Waals surface area contributed by atoms with Crippen molar-refractivity contribution in [2.75, 3.05) is 0 Å². The second kappa shape index (κ2) is 5.87. The van der Waals surface area contributed by atoms with Crippen molar-refractivity contribution in [3.8, 4) is 17.6 Å². The van der Waals surface area contributed by atoms with Gasteiger partial charge in [0.05, 0.1) is 12.2 Å². The zero-order chi connectivity index (χ0) is 13.8. The van der Waals surface area contributed by atoms with E-state index >= 15 is 0 Å². The van der Waals surface area contributed by atoms with Gasteiger partial charge in [-0.05, 0) is 48.4 Å². The smallest absolute Gasteiger partial charge is 0.145 e. The SMILES string of the molecule is Cc1cc(Oc2ccc(CO)cc2C#N)ccc1Br. The van der Waals surface area contributed by atoms with E-state index in [1.807, 2.05) is 25.1 Å². The average Bonchev–Trinajstić information content (AvgIpc) is 2.43. The molecule has 0 radical (unpaired) electrons. The number of nitrogens with zero attached hydrogens (tertiary/aromatic N) is 1. The molecule has 0 aliphatic carbocycles. The number of hydrogen-bond acceptors (Lipinski definition) is 3. The molecule has 2 aromatic rings. The van der Waals surface area contributed by atoms with Crippen LogP contribution in [0.5, 0.6) is 11.5 Å². The first-order valence-electron chi connectivity index (χ1n) is 5.72. The Balaban J connectivity index is 2.33. The van der Waals surface area contributed by atoms with Gasteiger partial charge in [-0.25, -0.2) is 0 Å². The maximum atomic E-state index is 9.10. The molecule has 0 aliphatic rings. The van der Waals surface area contributed by atoms with Crippen molar-refractivity contribution >= 4 is 15.9 Å². The van der Waals surface area contributed by atoms with Gasteiger partial charge in [0, 0.05) is 4.47 Å². The van der Waals surface area contributed by atoms with Gasteiger partial charge in [0.1, 0.15) is 17.6 Å². The Morgan fingerprint density at radius 3 is 2.68 bits per heavy atom. The maximum Gasteiger partial charge on any atom is 0.145 e. The molecule has 4 heteroatoms. The highest BCUT2D eigenvalue weighted by atomic mass is 79.9. The molecule has 0 fully saturated rings. The molecule has 1 N–H and O–H groups in total. The molecule has 0 unspecified atom stereocenters. The summed E-state index contributed by atoms with van der Waals surface area (Å²) in [7, 11) is 0. The molecule has 0 saturated heterocycles. The van der Waals surface area contributed by atoms with Gasteiger partial charge in [-0.15, -0.1) is 0 Å². The van der Waals surface area contributed by atoms with Crippen molar-refractivity contribution in [1.82, 2.24) is 0 Å². The Bertz CT molecular complexity index is 647. The first kappa shape index (κ1) is 13.6. The number of aliphatic hydroxyl groups is 1. The lowest BCUT2D eigenvalue weighted by Gasteiger charge is -2.09. The number of nitriles is 1. The molecule has 0 spiro atoms. The predicted octanol–water partition coefficient (Wildman–Crippen LogP) is 3.91. The molecule has 19 heavy (non-hydrogen) atoms. The monoisotopic (exact) mass is 317 g/mol. The van der Waals surface area contributed by atoms with E-state index in [1.165, 1.54) is 0 Å². The third-order valence-corrected chi connectivity index (χ3v) is 3.59. The van der Waals surface area contributed by atoms with E-state index in [4.69, 9.17) is 15.1 Å². The second-order valence-electron chi connectivity index (χ2n) is 4.11. The standard InChI is InChI=1S/C15H12BrNO2/c1-10-6-13(3-4-14(10)16)19-15-5-2-11(9-18)7-12(15)8-17/h2-7,18H,9H2,1H3. The summed E-state index contributed by atoms with van der Waals surface area (Å²) in [5, 5.41) is 18.1. The predicted molar refractivity (Wildman–Crippen MR) is 76.0 cm³/mol. The van der Waals surface area contributed by atoms with Crippen molar-refractivity contribution < 1.29 is 9.84 Å². The highest BCUT2D eigenvalue weighted by Gasteiger charge is 2.07. The molecule has 0 saturated carbocycles. The summed E-state index contributed by atoms with van der Waals surface area (Å²) in [4.78, 5) is 0. The molecule has 0 amide bonds. The minimum absolute atomic E-state index is 0.0909. The van der Waals surface area contributed by atoms with Gasteiger partial charge in [0.2, 0.25) is 0 Å². The fraction of sp³-hybridized carbons (Fsp3) is 0.133. The summed E-state index contributed by atoms with van der Waals surface area (Å²) in [5.41, 5.74) is 2.16. The normalized spacial score (nSPS) is 10.0. The van der Waals surface area contributed by atoms with E-state index in [0.717, 1.165) is 10.0 Å². The fourth-order valence-electron chi connectivity index (χ4n) is 1.66. The van der Waals surface area contributed by atoms with Crippen molar-refractivity contribution in [3.63, 3.8) is 0 Å². The third-order valence-electron chi connectivity index (χ3n) is 2.70. The third kappa shape index (κ3) is 3.14. The van der Waals surface area contributed by atoms with Crippen LogP contribution in [0.15, 0.2) is 40.9 Å². The van der Waals surface area contributed by atoms with Gasteiger partial charge in [-0.1, -0.05) is 22.0 Å². The van der Waals surface area contributed by atoms with Crippen molar-refractivity contribution in [1.29, 1.82) is 5.26 Å². The summed E-state index contributed by atoms with van der Waals surface area (Å²) in [6.45, 7) is 1.88. The van der Waals surface area contributed by atoms with E-state index in [9.17, 15) is 0 Å². The minimum Gasteiger partial charge on any atom is -0.456 e. The lowest BCUT2D eigenvalue weighted by Crippen LogP contribution is -1.91. The molecular weight excluding hydrogens is 306 g/mol. The second-order valence-corrected chi connectivity index (χ2v) is 4.97. The Kier molecular flexibility index (Phi) is 4.20. The van der Waals surface area contributed by atoms with Crippen molar-refractivity contribution in [2.24, 2.45) is 0 Å². The van der Waals surface area contributed by atoms with Crippen molar-refractivity contribution in [3.05, 3.63) is 57.6 Å². The van der Waals surface area contributed by atoms with Gasteiger partial charge in [0.25, 0.3) is 0 Å². The van der Waals surface area contributed by atoms with Gasteiger partial charge in [0.15, 0.2) is 0 Å². The highest BCUT2D eigenvalue weighted by molar-refractivity contribution is 9.10. The van der Waals surface area contributed by atoms with Crippen LogP contribution in [-0.2, 0) is 6.61 Å². The number of rotatable bonds is 3. The number of halogens is 1.